The average molecular weight is 420 g/mol. The minimum atomic E-state index is -0.246. The van der Waals surface area contributed by atoms with Crippen molar-refractivity contribution in [1.29, 1.82) is 0 Å². The van der Waals surface area contributed by atoms with E-state index >= 15 is 0 Å². The summed E-state index contributed by atoms with van der Waals surface area (Å²) in [7, 11) is 1.78. The molecule has 2 aliphatic carbocycles. The first-order valence-electron chi connectivity index (χ1n) is 10.5. The highest BCUT2D eigenvalue weighted by Gasteiger charge is 2.29. The van der Waals surface area contributed by atoms with E-state index in [2.05, 4.69) is 6.92 Å². The van der Waals surface area contributed by atoms with E-state index in [-0.39, 0.29) is 16.7 Å². The number of nitrogens with zero attached hydrogens (tertiary/aromatic N) is 3. The van der Waals surface area contributed by atoms with Crippen LogP contribution in [0.2, 0.25) is 0 Å². The topological polar surface area (TPSA) is 55.2 Å². The van der Waals surface area contributed by atoms with E-state index in [0.717, 1.165) is 48.9 Å². The number of aryl methyl sites for hydroxylation is 2. The smallest absolute Gasteiger partial charge is 0.262 e. The highest BCUT2D eigenvalue weighted by atomic mass is 32.2. The molecule has 152 valence electrons. The summed E-state index contributed by atoms with van der Waals surface area (Å²) in [6.07, 6.45) is 9.11. The van der Waals surface area contributed by atoms with Gasteiger partial charge in [-0.3, -0.25) is 14.2 Å². The zero-order valence-corrected chi connectivity index (χ0v) is 18.6. The Morgan fingerprint density at radius 1 is 1.29 bits per heavy atom. The van der Waals surface area contributed by atoms with Gasteiger partial charge < -0.3 is 4.90 Å². The highest BCUT2D eigenvalue weighted by Crippen LogP contribution is 2.36. The van der Waals surface area contributed by atoms with Crippen LogP contribution in [-0.2, 0) is 24.7 Å². The Bertz CT molecular complexity index is 943. The predicted molar refractivity (Wildman–Crippen MR) is 116 cm³/mol. The van der Waals surface area contributed by atoms with Crippen molar-refractivity contribution in [3.8, 4) is 0 Å². The molecule has 0 N–H and O–H groups in total. The summed E-state index contributed by atoms with van der Waals surface area (Å²) in [5.74, 6) is 0.169. The number of carbonyl (C=O) groups excluding carboxylic acids is 1. The SMILES string of the molecule is CCN(C(=O)[C@H](C)Sc1nc2sc3c(c2c(=O)n1C)CCC3)C1CCCCC1. The third-order valence-electron chi connectivity index (χ3n) is 6.17. The zero-order valence-electron chi connectivity index (χ0n) is 17.0. The maximum Gasteiger partial charge on any atom is 0.262 e. The molecule has 0 aliphatic heterocycles. The lowest BCUT2D eigenvalue weighted by molar-refractivity contribution is -0.133. The van der Waals surface area contributed by atoms with Gasteiger partial charge in [0.2, 0.25) is 5.91 Å². The number of rotatable bonds is 5. The fourth-order valence-corrected chi connectivity index (χ4v) is 6.89. The number of fused-ring (bicyclic) bond motifs is 3. The molecule has 0 unspecified atom stereocenters. The molecular formula is C21H29N3O2S2. The quantitative estimate of drug-likeness (QED) is 0.540. The third-order valence-corrected chi connectivity index (χ3v) is 8.49. The fraction of sp³-hybridized carbons (Fsp3) is 0.667. The van der Waals surface area contributed by atoms with E-state index in [0.29, 0.717) is 11.2 Å². The summed E-state index contributed by atoms with van der Waals surface area (Å²) in [4.78, 5) is 35.1. The van der Waals surface area contributed by atoms with Gasteiger partial charge >= 0.3 is 0 Å². The van der Waals surface area contributed by atoms with Gasteiger partial charge in [-0.1, -0.05) is 31.0 Å². The Hall–Kier alpha value is -1.34. The fourth-order valence-electron chi connectivity index (χ4n) is 4.64. The molecule has 5 nitrogen and oxygen atoms in total. The van der Waals surface area contributed by atoms with Gasteiger partial charge in [0.15, 0.2) is 5.16 Å². The zero-order chi connectivity index (χ0) is 19.8. The molecule has 0 aromatic carbocycles. The third kappa shape index (κ3) is 3.52. The normalized spacial score (nSPS) is 18.4. The Labute approximate surface area is 174 Å². The molecule has 1 atom stereocenters. The summed E-state index contributed by atoms with van der Waals surface area (Å²) in [5, 5.41) is 1.21. The van der Waals surface area contributed by atoms with Gasteiger partial charge in [-0.15, -0.1) is 11.3 Å². The minimum Gasteiger partial charge on any atom is -0.339 e. The van der Waals surface area contributed by atoms with Gasteiger partial charge in [-0.25, -0.2) is 4.98 Å². The molecule has 1 amide bonds. The summed E-state index contributed by atoms with van der Waals surface area (Å²) < 4.78 is 1.64. The molecule has 2 aromatic heterocycles. The lowest BCUT2D eigenvalue weighted by Crippen LogP contribution is -2.44. The van der Waals surface area contributed by atoms with Gasteiger partial charge in [0.05, 0.1) is 10.6 Å². The molecule has 0 bridgehead atoms. The molecule has 4 rings (SSSR count). The Kier molecular flexibility index (Phi) is 5.83. The van der Waals surface area contributed by atoms with Crippen LogP contribution < -0.4 is 5.56 Å². The van der Waals surface area contributed by atoms with Crippen LogP contribution in [0.25, 0.3) is 10.2 Å². The number of carbonyl (C=O) groups is 1. The molecule has 7 heteroatoms. The number of thioether (sulfide) groups is 1. The second kappa shape index (κ2) is 8.19. The van der Waals surface area contributed by atoms with Crippen LogP contribution in [-0.4, -0.2) is 38.2 Å². The number of hydrogen-bond acceptors (Lipinski definition) is 5. The maximum atomic E-state index is 13.1. The number of aromatic nitrogens is 2. The Morgan fingerprint density at radius 2 is 2.04 bits per heavy atom. The van der Waals surface area contributed by atoms with Crippen molar-refractivity contribution in [3.63, 3.8) is 0 Å². The van der Waals surface area contributed by atoms with Crippen LogP contribution in [0.15, 0.2) is 9.95 Å². The van der Waals surface area contributed by atoms with Crippen molar-refractivity contribution in [1.82, 2.24) is 14.5 Å². The highest BCUT2D eigenvalue weighted by molar-refractivity contribution is 8.00. The second-order valence-electron chi connectivity index (χ2n) is 7.97. The molecule has 2 aromatic rings. The van der Waals surface area contributed by atoms with Crippen LogP contribution in [0, 0.1) is 0 Å². The molecule has 1 saturated carbocycles. The summed E-state index contributed by atoms with van der Waals surface area (Å²) in [5.41, 5.74) is 1.24. The largest absolute Gasteiger partial charge is 0.339 e. The Balaban J connectivity index is 1.57. The van der Waals surface area contributed by atoms with Crippen LogP contribution in [0.1, 0.15) is 62.8 Å². The van der Waals surface area contributed by atoms with Crippen molar-refractivity contribution in [2.75, 3.05) is 6.54 Å². The summed E-state index contributed by atoms with van der Waals surface area (Å²) in [6, 6.07) is 0.369. The van der Waals surface area contributed by atoms with Crippen molar-refractivity contribution >= 4 is 39.2 Å². The molecule has 0 spiro atoms. The molecule has 2 heterocycles. The number of amides is 1. The van der Waals surface area contributed by atoms with Gasteiger partial charge in [-0.2, -0.15) is 0 Å². The van der Waals surface area contributed by atoms with E-state index in [9.17, 15) is 9.59 Å². The molecule has 2 aliphatic rings. The minimum absolute atomic E-state index is 0.0335. The van der Waals surface area contributed by atoms with E-state index in [1.807, 2.05) is 11.8 Å². The monoisotopic (exact) mass is 419 g/mol. The van der Waals surface area contributed by atoms with Crippen LogP contribution in [0.5, 0.6) is 0 Å². The van der Waals surface area contributed by atoms with Crippen LogP contribution >= 0.6 is 23.1 Å². The molecule has 0 radical (unpaired) electrons. The summed E-state index contributed by atoms with van der Waals surface area (Å²) >= 11 is 3.08. The van der Waals surface area contributed by atoms with Gasteiger partial charge in [0, 0.05) is 24.5 Å². The van der Waals surface area contributed by atoms with Crippen LogP contribution in [0.3, 0.4) is 0 Å². The van der Waals surface area contributed by atoms with Crippen molar-refractivity contribution in [2.45, 2.75) is 81.7 Å². The first kappa shape index (κ1) is 20.0. The van der Waals surface area contributed by atoms with Gasteiger partial charge in [0.25, 0.3) is 5.56 Å². The first-order chi connectivity index (χ1) is 13.5. The van der Waals surface area contributed by atoms with Gasteiger partial charge in [0.1, 0.15) is 4.83 Å². The van der Waals surface area contributed by atoms with Crippen LogP contribution in [0.4, 0.5) is 0 Å². The van der Waals surface area contributed by atoms with E-state index in [1.54, 1.807) is 23.0 Å². The van der Waals surface area contributed by atoms with E-state index < -0.39 is 0 Å². The van der Waals surface area contributed by atoms with Crippen molar-refractivity contribution < 1.29 is 4.79 Å². The molecule has 28 heavy (non-hydrogen) atoms. The summed E-state index contributed by atoms with van der Waals surface area (Å²) in [6.45, 7) is 4.76. The average Bonchev–Trinajstić information content (AvgIpc) is 3.28. The lowest BCUT2D eigenvalue weighted by Gasteiger charge is -2.35. The van der Waals surface area contributed by atoms with E-state index in [1.165, 1.54) is 41.5 Å². The van der Waals surface area contributed by atoms with Crippen molar-refractivity contribution in [2.24, 2.45) is 7.05 Å². The van der Waals surface area contributed by atoms with Gasteiger partial charge in [-0.05, 0) is 51.5 Å². The Morgan fingerprint density at radius 3 is 2.75 bits per heavy atom. The molecule has 0 saturated heterocycles. The number of hydrogen-bond donors (Lipinski definition) is 0. The second-order valence-corrected chi connectivity index (χ2v) is 10.4. The first-order valence-corrected chi connectivity index (χ1v) is 12.2. The standard InChI is InChI=1S/C21H29N3O2S2/c1-4-24(14-9-6-5-7-10-14)19(25)13(2)27-21-22-18-17(20(26)23(21)3)15-11-8-12-16(15)28-18/h13-14H,4-12H2,1-3H3/t13-/m0/s1. The van der Waals surface area contributed by atoms with Crippen molar-refractivity contribution in [3.05, 3.63) is 20.8 Å². The maximum absolute atomic E-state index is 13.1. The molecular weight excluding hydrogens is 390 g/mol. The predicted octanol–water partition coefficient (Wildman–Crippen LogP) is 4.15. The van der Waals surface area contributed by atoms with E-state index in [4.69, 9.17) is 4.98 Å². The number of thiophene rings is 1. The lowest BCUT2D eigenvalue weighted by atomic mass is 9.94. The molecule has 1 fully saturated rings.